The molecule has 90 valence electrons. The zero-order chi connectivity index (χ0) is 11.6. The molecule has 1 aromatic rings. The number of nitrogens with zero attached hydrogens (tertiary/aromatic N) is 2. The van der Waals surface area contributed by atoms with Crippen LogP contribution in [-0.2, 0) is 6.42 Å². The Morgan fingerprint density at radius 3 is 2.94 bits per heavy atom. The van der Waals surface area contributed by atoms with Gasteiger partial charge in [-0.15, -0.1) is 0 Å². The third-order valence-corrected chi connectivity index (χ3v) is 4.87. The Bertz CT molecular complexity index is 340. The summed E-state index contributed by atoms with van der Waals surface area (Å²) in [7, 11) is 0. The van der Waals surface area contributed by atoms with Crippen LogP contribution in [-0.4, -0.2) is 26.8 Å². The highest BCUT2D eigenvalue weighted by Gasteiger charge is 2.34. The van der Waals surface area contributed by atoms with E-state index in [1.807, 2.05) is 16.4 Å². The van der Waals surface area contributed by atoms with Gasteiger partial charge in [0.05, 0.1) is 5.69 Å². The molecule has 4 heteroatoms. The number of thioether (sulfide) groups is 1. The highest BCUT2D eigenvalue weighted by molar-refractivity contribution is 8.00. The lowest BCUT2D eigenvalue weighted by Gasteiger charge is -2.25. The van der Waals surface area contributed by atoms with E-state index < -0.39 is 0 Å². The molecule has 1 aliphatic rings. The van der Waals surface area contributed by atoms with Crippen LogP contribution in [0.2, 0.25) is 0 Å². The second-order valence-corrected chi connectivity index (χ2v) is 6.46. The maximum Gasteiger partial charge on any atom is 0.0639 e. The molecule has 0 bridgehead atoms. The van der Waals surface area contributed by atoms with Crippen molar-refractivity contribution in [3.63, 3.8) is 0 Å². The van der Waals surface area contributed by atoms with Crippen molar-refractivity contribution in [1.82, 2.24) is 9.78 Å². The first-order valence-corrected chi connectivity index (χ1v) is 7.02. The third-order valence-electron chi connectivity index (χ3n) is 3.25. The fourth-order valence-electron chi connectivity index (χ4n) is 2.22. The van der Waals surface area contributed by atoms with Crippen LogP contribution < -0.4 is 5.73 Å². The second-order valence-electron chi connectivity index (χ2n) is 4.90. The first kappa shape index (κ1) is 12.0. The smallest absolute Gasteiger partial charge is 0.0639 e. The Kier molecular flexibility index (Phi) is 3.60. The minimum atomic E-state index is 0.260. The third kappa shape index (κ3) is 2.43. The Labute approximate surface area is 102 Å². The summed E-state index contributed by atoms with van der Waals surface area (Å²) >= 11 is 2.03. The lowest BCUT2D eigenvalue weighted by atomic mass is 9.97. The van der Waals surface area contributed by atoms with Crippen LogP contribution in [0.15, 0.2) is 12.3 Å². The van der Waals surface area contributed by atoms with Crippen molar-refractivity contribution in [2.24, 2.45) is 5.73 Å². The van der Waals surface area contributed by atoms with Gasteiger partial charge in [-0.05, 0) is 38.5 Å². The molecule has 16 heavy (non-hydrogen) atoms. The molecule has 3 nitrogen and oxygen atoms in total. The molecule has 1 saturated heterocycles. The molecule has 0 saturated carbocycles. The number of hydrogen-bond acceptors (Lipinski definition) is 3. The molecule has 0 aliphatic carbocycles. The molecule has 1 atom stereocenters. The van der Waals surface area contributed by atoms with Gasteiger partial charge in [-0.3, -0.25) is 4.68 Å². The molecule has 1 aromatic heterocycles. The van der Waals surface area contributed by atoms with Crippen molar-refractivity contribution in [3.05, 3.63) is 18.0 Å². The summed E-state index contributed by atoms with van der Waals surface area (Å²) in [5.41, 5.74) is 7.12. The zero-order valence-corrected chi connectivity index (χ0v) is 11.0. The molecule has 1 aliphatic heterocycles. The fourth-order valence-corrected chi connectivity index (χ4v) is 3.60. The molecule has 1 unspecified atom stereocenters. The Balaban J connectivity index is 2.07. The van der Waals surface area contributed by atoms with E-state index in [1.54, 1.807) is 0 Å². The Morgan fingerprint density at radius 1 is 1.62 bits per heavy atom. The van der Waals surface area contributed by atoms with Gasteiger partial charge >= 0.3 is 0 Å². The molecule has 0 spiro atoms. The minimum Gasteiger partial charge on any atom is -0.329 e. The van der Waals surface area contributed by atoms with Crippen LogP contribution in [0, 0.1) is 0 Å². The number of rotatable bonds is 4. The maximum absolute atomic E-state index is 5.93. The monoisotopic (exact) mass is 239 g/mol. The number of hydrogen-bond donors (Lipinski definition) is 1. The van der Waals surface area contributed by atoms with Gasteiger partial charge in [0.15, 0.2) is 0 Å². The van der Waals surface area contributed by atoms with Gasteiger partial charge in [0, 0.05) is 30.0 Å². The van der Waals surface area contributed by atoms with E-state index >= 15 is 0 Å². The van der Waals surface area contributed by atoms with Gasteiger partial charge in [-0.1, -0.05) is 0 Å². The molecule has 1 fully saturated rings. The summed E-state index contributed by atoms with van der Waals surface area (Å²) in [5, 5.41) is 4.61. The van der Waals surface area contributed by atoms with Crippen LogP contribution in [0.4, 0.5) is 0 Å². The quantitative estimate of drug-likeness (QED) is 0.876. The molecule has 2 N–H and O–H groups in total. The largest absolute Gasteiger partial charge is 0.329 e. The maximum atomic E-state index is 5.93. The fraction of sp³-hybridized carbons (Fsp3) is 0.750. The average molecular weight is 239 g/mol. The Hall–Kier alpha value is -0.480. The number of aromatic nitrogens is 2. The predicted molar refractivity (Wildman–Crippen MR) is 69.8 cm³/mol. The molecule has 0 radical (unpaired) electrons. The molecular weight excluding hydrogens is 218 g/mol. The van der Waals surface area contributed by atoms with Gasteiger partial charge in [-0.25, -0.2) is 0 Å². The normalized spacial score (nSPS) is 25.5. The zero-order valence-electron chi connectivity index (χ0n) is 10.1. The van der Waals surface area contributed by atoms with E-state index in [9.17, 15) is 0 Å². The summed E-state index contributed by atoms with van der Waals surface area (Å²) in [6.07, 6.45) is 5.63. The summed E-state index contributed by atoms with van der Waals surface area (Å²) in [5.74, 6) is 1.25. The highest BCUT2D eigenvalue weighted by atomic mass is 32.2. The van der Waals surface area contributed by atoms with Crippen LogP contribution in [0.5, 0.6) is 0 Å². The van der Waals surface area contributed by atoms with Crippen molar-refractivity contribution in [1.29, 1.82) is 0 Å². The van der Waals surface area contributed by atoms with Crippen LogP contribution in [0.25, 0.3) is 0 Å². The van der Waals surface area contributed by atoms with E-state index in [1.165, 1.54) is 24.3 Å². The molecule has 2 heterocycles. The van der Waals surface area contributed by atoms with E-state index in [0.717, 1.165) is 13.0 Å². The standard InChI is InChI=1S/C12H21N3S/c1-10(2)15-6-4-11(14-15)8-12(9-13)5-3-7-16-12/h4,6,10H,3,5,7-9,13H2,1-2H3. The summed E-state index contributed by atoms with van der Waals surface area (Å²) in [6.45, 7) is 5.08. The minimum absolute atomic E-state index is 0.260. The first-order valence-electron chi connectivity index (χ1n) is 6.03. The van der Waals surface area contributed by atoms with E-state index in [4.69, 9.17) is 5.73 Å². The van der Waals surface area contributed by atoms with E-state index in [2.05, 4.69) is 31.2 Å². The predicted octanol–water partition coefficient (Wildman–Crippen LogP) is 2.23. The summed E-state index contributed by atoms with van der Waals surface area (Å²) in [4.78, 5) is 0. The van der Waals surface area contributed by atoms with Gasteiger partial charge in [0.25, 0.3) is 0 Å². The van der Waals surface area contributed by atoms with Crippen LogP contribution in [0.1, 0.15) is 38.4 Å². The highest BCUT2D eigenvalue weighted by Crippen LogP contribution is 2.39. The van der Waals surface area contributed by atoms with Crippen LogP contribution in [0.3, 0.4) is 0 Å². The SMILES string of the molecule is CC(C)n1ccc(CC2(CN)CCCS2)n1. The van der Waals surface area contributed by atoms with Gasteiger partial charge < -0.3 is 5.73 Å². The van der Waals surface area contributed by atoms with E-state index in [0.29, 0.717) is 6.04 Å². The van der Waals surface area contributed by atoms with Gasteiger partial charge in [0.1, 0.15) is 0 Å². The summed E-state index contributed by atoms with van der Waals surface area (Å²) < 4.78 is 2.29. The van der Waals surface area contributed by atoms with Crippen molar-refractivity contribution >= 4 is 11.8 Å². The van der Waals surface area contributed by atoms with Crippen molar-refractivity contribution in [2.45, 2.75) is 43.9 Å². The van der Waals surface area contributed by atoms with Gasteiger partial charge in [-0.2, -0.15) is 16.9 Å². The molecule has 2 rings (SSSR count). The topological polar surface area (TPSA) is 43.8 Å². The van der Waals surface area contributed by atoms with Crippen molar-refractivity contribution in [3.8, 4) is 0 Å². The second kappa shape index (κ2) is 4.80. The molecular formula is C12H21N3S. The van der Waals surface area contributed by atoms with Crippen molar-refractivity contribution < 1.29 is 0 Å². The average Bonchev–Trinajstić information content (AvgIpc) is 2.88. The van der Waals surface area contributed by atoms with Crippen molar-refractivity contribution in [2.75, 3.05) is 12.3 Å². The van der Waals surface area contributed by atoms with Gasteiger partial charge in [0.2, 0.25) is 0 Å². The lowest BCUT2D eigenvalue weighted by molar-refractivity contribution is 0.510. The lowest BCUT2D eigenvalue weighted by Crippen LogP contribution is -2.34. The molecule has 0 amide bonds. The van der Waals surface area contributed by atoms with Crippen LogP contribution >= 0.6 is 11.8 Å². The number of nitrogens with two attached hydrogens (primary N) is 1. The summed E-state index contributed by atoms with van der Waals surface area (Å²) in [6, 6.07) is 2.58. The Morgan fingerprint density at radius 2 is 2.44 bits per heavy atom. The first-order chi connectivity index (χ1) is 7.65. The molecule has 0 aromatic carbocycles. The van der Waals surface area contributed by atoms with E-state index in [-0.39, 0.29) is 4.75 Å².